The van der Waals surface area contributed by atoms with Crippen molar-refractivity contribution >= 4 is 11.6 Å². The van der Waals surface area contributed by atoms with E-state index in [1.807, 2.05) is 6.92 Å². The van der Waals surface area contributed by atoms with Crippen molar-refractivity contribution in [2.24, 2.45) is 17.8 Å². The summed E-state index contributed by atoms with van der Waals surface area (Å²) in [4.78, 5) is 23.6. The van der Waals surface area contributed by atoms with Gasteiger partial charge in [-0.15, -0.1) is 0 Å². The molecule has 0 aromatic carbocycles. The van der Waals surface area contributed by atoms with E-state index in [1.165, 1.54) is 6.26 Å². The zero-order valence-electron chi connectivity index (χ0n) is 8.90. The second-order valence-electron chi connectivity index (χ2n) is 4.29. The Bertz CT molecular complexity index is 378. The Morgan fingerprint density at radius 2 is 2.20 bits per heavy atom. The molecule has 0 spiro atoms. The van der Waals surface area contributed by atoms with Crippen molar-refractivity contribution in [3.05, 3.63) is 24.2 Å². The summed E-state index contributed by atoms with van der Waals surface area (Å²) in [5.41, 5.74) is 0. The molecule has 1 aliphatic carbocycles. The van der Waals surface area contributed by atoms with Gasteiger partial charge in [0.25, 0.3) is 0 Å². The largest absolute Gasteiger partial charge is 0.461 e. The fourth-order valence-electron chi connectivity index (χ4n) is 1.80. The van der Waals surface area contributed by atoms with Crippen molar-refractivity contribution in [2.45, 2.75) is 20.3 Å². The highest BCUT2D eigenvalue weighted by Crippen LogP contribution is 2.40. The molecule has 3 nitrogen and oxygen atoms in total. The van der Waals surface area contributed by atoms with Crippen LogP contribution in [0.3, 0.4) is 0 Å². The van der Waals surface area contributed by atoms with Gasteiger partial charge in [-0.1, -0.05) is 6.92 Å². The molecule has 1 aliphatic rings. The zero-order chi connectivity index (χ0) is 11.0. The second kappa shape index (κ2) is 3.65. The minimum Gasteiger partial charge on any atom is -0.461 e. The van der Waals surface area contributed by atoms with Crippen LogP contribution in [-0.2, 0) is 4.79 Å². The van der Waals surface area contributed by atoms with Gasteiger partial charge in [0, 0.05) is 5.92 Å². The molecule has 0 radical (unpaired) electrons. The van der Waals surface area contributed by atoms with Crippen LogP contribution in [0, 0.1) is 17.8 Å². The number of hydrogen-bond donors (Lipinski definition) is 0. The summed E-state index contributed by atoms with van der Waals surface area (Å²) in [7, 11) is 0. The van der Waals surface area contributed by atoms with E-state index in [9.17, 15) is 9.59 Å². The molecule has 0 amide bonds. The summed E-state index contributed by atoms with van der Waals surface area (Å²) in [6.07, 6.45) is 2.37. The first-order valence-electron chi connectivity index (χ1n) is 5.22. The number of ketones is 2. The Balaban J connectivity index is 2.05. The van der Waals surface area contributed by atoms with Crippen LogP contribution >= 0.6 is 0 Å². The van der Waals surface area contributed by atoms with Crippen LogP contribution in [0.2, 0.25) is 0 Å². The lowest BCUT2D eigenvalue weighted by Gasteiger charge is -2.06. The topological polar surface area (TPSA) is 47.3 Å². The number of rotatable bonds is 4. The molecule has 3 unspecified atom stereocenters. The third-order valence-electron chi connectivity index (χ3n) is 3.06. The molecule has 3 atom stereocenters. The van der Waals surface area contributed by atoms with Gasteiger partial charge < -0.3 is 4.42 Å². The van der Waals surface area contributed by atoms with Crippen LogP contribution < -0.4 is 0 Å². The highest BCUT2D eigenvalue weighted by molar-refractivity contribution is 6.10. The number of Topliss-reactive ketones (excluding diaryl/α,β-unsaturated/α-hetero) is 2. The predicted molar refractivity (Wildman–Crippen MR) is 54.5 cm³/mol. The monoisotopic (exact) mass is 206 g/mol. The Kier molecular flexibility index (Phi) is 2.47. The van der Waals surface area contributed by atoms with Crippen LogP contribution in [-0.4, -0.2) is 11.6 Å². The Labute approximate surface area is 88.5 Å². The van der Waals surface area contributed by atoms with E-state index < -0.39 is 5.92 Å². The normalized spacial score (nSPS) is 26.0. The molecular weight excluding hydrogens is 192 g/mol. The van der Waals surface area contributed by atoms with Gasteiger partial charge in [-0.05, 0) is 31.4 Å². The third kappa shape index (κ3) is 1.87. The molecule has 15 heavy (non-hydrogen) atoms. The van der Waals surface area contributed by atoms with Crippen LogP contribution in [0.15, 0.2) is 22.8 Å². The van der Waals surface area contributed by atoms with E-state index in [1.54, 1.807) is 19.1 Å². The molecule has 0 aliphatic heterocycles. The van der Waals surface area contributed by atoms with Gasteiger partial charge in [0.15, 0.2) is 5.76 Å². The summed E-state index contributed by atoms with van der Waals surface area (Å²) in [6.45, 7) is 3.70. The number of furan rings is 1. The summed E-state index contributed by atoms with van der Waals surface area (Å²) in [6, 6.07) is 3.26. The van der Waals surface area contributed by atoms with Crippen molar-refractivity contribution in [2.75, 3.05) is 0 Å². The molecule has 1 fully saturated rings. The average Bonchev–Trinajstić information content (AvgIpc) is 2.75. The summed E-state index contributed by atoms with van der Waals surface area (Å²) in [5.74, 6) is 0.117. The van der Waals surface area contributed by atoms with E-state index in [2.05, 4.69) is 0 Å². The molecule has 1 aromatic rings. The van der Waals surface area contributed by atoms with Crippen molar-refractivity contribution in [1.82, 2.24) is 0 Å². The minimum absolute atomic E-state index is 0.0592. The van der Waals surface area contributed by atoms with Crippen LogP contribution in [0.25, 0.3) is 0 Å². The molecule has 0 bridgehead atoms. The Morgan fingerprint density at radius 3 is 2.67 bits per heavy atom. The van der Waals surface area contributed by atoms with Gasteiger partial charge >= 0.3 is 0 Å². The van der Waals surface area contributed by atoms with Gasteiger partial charge in [-0.2, -0.15) is 0 Å². The first-order chi connectivity index (χ1) is 7.11. The van der Waals surface area contributed by atoms with E-state index in [-0.39, 0.29) is 23.2 Å². The van der Waals surface area contributed by atoms with Crippen LogP contribution in [0.4, 0.5) is 0 Å². The SMILES string of the molecule is CC(C(=O)c1ccco1)C(=O)C1CC1C. The zero-order valence-corrected chi connectivity index (χ0v) is 8.90. The Hall–Kier alpha value is -1.38. The van der Waals surface area contributed by atoms with E-state index in [0.717, 1.165) is 6.42 Å². The standard InChI is InChI=1S/C12H14O3/c1-7-6-9(7)11(13)8(2)12(14)10-4-3-5-15-10/h3-5,7-9H,6H2,1-2H3. The van der Waals surface area contributed by atoms with Crippen molar-refractivity contribution < 1.29 is 14.0 Å². The highest BCUT2D eigenvalue weighted by atomic mass is 16.3. The lowest BCUT2D eigenvalue weighted by atomic mass is 9.96. The third-order valence-corrected chi connectivity index (χ3v) is 3.06. The number of hydrogen-bond acceptors (Lipinski definition) is 3. The molecule has 1 saturated carbocycles. The van der Waals surface area contributed by atoms with Gasteiger partial charge in [0.05, 0.1) is 12.2 Å². The average molecular weight is 206 g/mol. The molecule has 1 aromatic heterocycles. The van der Waals surface area contributed by atoms with E-state index >= 15 is 0 Å². The van der Waals surface area contributed by atoms with Crippen LogP contribution in [0.1, 0.15) is 30.8 Å². The van der Waals surface area contributed by atoms with E-state index in [4.69, 9.17) is 4.42 Å². The number of carbonyl (C=O) groups is 2. The van der Waals surface area contributed by atoms with Gasteiger partial charge in [0.1, 0.15) is 5.78 Å². The maximum absolute atomic E-state index is 11.8. The predicted octanol–water partition coefficient (Wildman–Crippen LogP) is 2.32. The highest BCUT2D eigenvalue weighted by Gasteiger charge is 2.42. The van der Waals surface area contributed by atoms with Crippen molar-refractivity contribution in [3.8, 4) is 0 Å². The molecule has 1 heterocycles. The van der Waals surface area contributed by atoms with Crippen LogP contribution in [0.5, 0.6) is 0 Å². The molecule has 3 heteroatoms. The van der Waals surface area contributed by atoms with Crippen molar-refractivity contribution in [3.63, 3.8) is 0 Å². The molecule has 0 N–H and O–H groups in total. The number of carbonyl (C=O) groups excluding carboxylic acids is 2. The maximum atomic E-state index is 11.8. The smallest absolute Gasteiger partial charge is 0.208 e. The Morgan fingerprint density at radius 1 is 1.53 bits per heavy atom. The molecule has 2 rings (SSSR count). The lowest BCUT2D eigenvalue weighted by molar-refractivity contribution is -0.122. The first-order valence-corrected chi connectivity index (χ1v) is 5.22. The van der Waals surface area contributed by atoms with Gasteiger partial charge in [-0.25, -0.2) is 0 Å². The lowest BCUT2D eigenvalue weighted by Crippen LogP contribution is -2.22. The quantitative estimate of drug-likeness (QED) is 0.561. The molecule has 0 saturated heterocycles. The van der Waals surface area contributed by atoms with Gasteiger partial charge in [-0.3, -0.25) is 9.59 Å². The first kappa shape index (κ1) is 10.1. The summed E-state index contributed by atoms with van der Waals surface area (Å²) in [5, 5.41) is 0. The fraction of sp³-hybridized carbons (Fsp3) is 0.500. The summed E-state index contributed by atoms with van der Waals surface area (Å²) < 4.78 is 4.99. The molecular formula is C12H14O3. The van der Waals surface area contributed by atoms with Crippen molar-refractivity contribution in [1.29, 1.82) is 0 Å². The summed E-state index contributed by atoms with van der Waals surface area (Å²) >= 11 is 0. The van der Waals surface area contributed by atoms with E-state index in [0.29, 0.717) is 5.92 Å². The van der Waals surface area contributed by atoms with Gasteiger partial charge in [0.2, 0.25) is 5.78 Å². The molecule has 80 valence electrons. The fourth-order valence-corrected chi connectivity index (χ4v) is 1.80. The second-order valence-corrected chi connectivity index (χ2v) is 4.29. The maximum Gasteiger partial charge on any atom is 0.208 e. The minimum atomic E-state index is -0.564.